The molecule has 6 nitrogen and oxygen atoms in total. The zero-order valence-electron chi connectivity index (χ0n) is 13.3. The molecule has 0 saturated carbocycles. The van der Waals surface area contributed by atoms with Gasteiger partial charge in [0.15, 0.2) is 5.11 Å². The van der Waals surface area contributed by atoms with Crippen LogP contribution in [0.1, 0.15) is 26.3 Å². The molecule has 7 heteroatoms. The summed E-state index contributed by atoms with van der Waals surface area (Å²) in [6.07, 6.45) is 0. The van der Waals surface area contributed by atoms with Crippen LogP contribution in [-0.4, -0.2) is 24.0 Å². The number of amides is 2. The number of hydrogen-bond donors (Lipinski definition) is 3. The van der Waals surface area contributed by atoms with Crippen LogP contribution in [0.4, 0.5) is 0 Å². The third-order valence-electron chi connectivity index (χ3n) is 3.26. The first-order chi connectivity index (χ1) is 11.5. The highest BCUT2D eigenvalue weighted by atomic mass is 32.1. The second-order valence-corrected chi connectivity index (χ2v) is 5.31. The first-order valence-corrected chi connectivity index (χ1v) is 7.53. The average molecular weight is 343 g/mol. The van der Waals surface area contributed by atoms with E-state index >= 15 is 0 Å². The van der Waals surface area contributed by atoms with Gasteiger partial charge >= 0.3 is 0 Å². The van der Waals surface area contributed by atoms with Crippen LogP contribution < -0.4 is 20.9 Å². The van der Waals surface area contributed by atoms with Crippen molar-refractivity contribution in [1.29, 1.82) is 0 Å². The summed E-state index contributed by atoms with van der Waals surface area (Å²) in [5.74, 6) is -0.0741. The minimum absolute atomic E-state index is 0.00474. The van der Waals surface area contributed by atoms with Gasteiger partial charge in [-0.05, 0) is 55.0 Å². The van der Waals surface area contributed by atoms with Crippen molar-refractivity contribution < 1.29 is 14.3 Å². The van der Waals surface area contributed by atoms with Gasteiger partial charge in [-0.3, -0.25) is 25.8 Å². The van der Waals surface area contributed by atoms with E-state index in [1.54, 1.807) is 43.5 Å². The minimum atomic E-state index is -0.384. The first-order valence-electron chi connectivity index (χ1n) is 7.12. The fraction of sp³-hybridized carbons (Fsp3) is 0.118. The Kier molecular flexibility index (Phi) is 5.86. The second-order valence-electron chi connectivity index (χ2n) is 4.91. The fourth-order valence-electron chi connectivity index (χ4n) is 1.96. The highest BCUT2D eigenvalue weighted by molar-refractivity contribution is 7.80. The predicted molar refractivity (Wildman–Crippen MR) is 94.8 cm³/mol. The van der Waals surface area contributed by atoms with E-state index in [-0.39, 0.29) is 16.9 Å². The third kappa shape index (κ3) is 4.53. The zero-order chi connectivity index (χ0) is 17.5. The molecule has 0 radical (unpaired) electrons. The molecule has 0 bridgehead atoms. The standard InChI is InChI=1S/C17H17N3O3S/c1-11-5-3-4-6-14(11)16(22)18-17(24)20-19-15(21)12-7-9-13(23-2)10-8-12/h3-10H,1-2H3,(H,19,21)(H2,18,20,22,24). The number of rotatable bonds is 3. The number of ether oxygens (including phenoxy) is 1. The smallest absolute Gasteiger partial charge is 0.269 e. The quantitative estimate of drug-likeness (QED) is 0.586. The lowest BCUT2D eigenvalue weighted by Crippen LogP contribution is -2.48. The van der Waals surface area contributed by atoms with E-state index in [0.717, 1.165) is 5.56 Å². The summed E-state index contributed by atoms with van der Waals surface area (Å²) in [5.41, 5.74) is 6.70. The van der Waals surface area contributed by atoms with Gasteiger partial charge in [0.25, 0.3) is 11.8 Å². The summed E-state index contributed by atoms with van der Waals surface area (Å²) >= 11 is 5.00. The number of carbonyl (C=O) groups is 2. The van der Waals surface area contributed by atoms with Gasteiger partial charge in [-0.25, -0.2) is 0 Å². The molecule has 3 N–H and O–H groups in total. The molecule has 0 aromatic heterocycles. The lowest BCUT2D eigenvalue weighted by Gasteiger charge is -2.12. The summed E-state index contributed by atoms with van der Waals surface area (Å²) in [4.78, 5) is 24.1. The lowest BCUT2D eigenvalue weighted by molar-refractivity contribution is 0.0934. The summed E-state index contributed by atoms with van der Waals surface area (Å²) in [7, 11) is 1.55. The molecule has 24 heavy (non-hydrogen) atoms. The number of carbonyl (C=O) groups excluding carboxylic acids is 2. The number of benzene rings is 2. The Morgan fingerprint density at radius 2 is 1.62 bits per heavy atom. The first kappa shape index (κ1) is 17.4. The molecule has 0 saturated heterocycles. The molecule has 0 atom stereocenters. The summed E-state index contributed by atoms with van der Waals surface area (Å²) in [5, 5.41) is 2.51. The molecule has 124 valence electrons. The number of thiocarbonyl (C=S) groups is 1. The molecule has 2 rings (SSSR count). The average Bonchev–Trinajstić information content (AvgIpc) is 2.60. The van der Waals surface area contributed by atoms with Crippen molar-refractivity contribution in [2.24, 2.45) is 0 Å². The van der Waals surface area contributed by atoms with Crippen molar-refractivity contribution in [2.75, 3.05) is 7.11 Å². The Bertz CT molecular complexity index is 760. The summed E-state index contributed by atoms with van der Waals surface area (Å²) < 4.78 is 5.03. The van der Waals surface area contributed by atoms with Crippen molar-refractivity contribution in [3.63, 3.8) is 0 Å². The molecule has 2 aromatic rings. The maximum absolute atomic E-state index is 12.1. The Balaban J connectivity index is 1.87. The largest absolute Gasteiger partial charge is 0.497 e. The molecule has 2 aromatic carbocycles. The van der Waals surface area contributed by atoms with Gasteiger partial charge in [0, 0.05) is 11.1 Å². The van der Waals surface area contributed by atoms with Crippen LogP contribution in [0.5, 0.6) is 5.75 Å². The van der Waals surface area contributed by atoms with Crippen LogP contribution in [0.2, 0.25) is 0 Å². The SMILES string of the molecule is COc1ccc(C(=O)NNC(=S)NC(=O)c2ccccc2C)cc1. The Morgan fingerprint density at radius 1 is 0.958 bits per heavy atom. The second kappa shape index (κ2) is 8.07. The molecule has 0 aliphatic heterocycles. The van der Waals surface area contributed by atoms with E-state index in [9.17, 15) is 9.59 Å². The highest BCUT2D eigenvalue weighted by Crippen LogP contribution is 2.10. The molecular weight excluding hydrogens is 326 g/mol. The topological polar surface area (TPSA) is 79.5 Å². The molecule has 0 aliphatic rings. The maximum Gasteiger partial charge on any atom is 0.269 e. The van der Waals surface area contributed by atoms with E-state index in [0.29, 0.717) is 16.9 Å². The van der Waals surface area contributed by atoms with Gasteiger partial charge in [0.05, 0.1) is 7.11 Å². The predicted octanol–water partition coefficient (Wildman–Crippen LogP) is 1.95. The molecule has 0 spiro atoms. The monoisotopic (exact) mass is 343 g/mol. The van der Waals surface area contributed by atoms with Gasteiger partial charge < -0.3 is 4.74 Å². The Morgan fingerprint density at radius 3 is 2.25 bits per heavy atom. The van der Waals surface area contributed by atoms with E-state index in [2.05, 4.69) is 16.2 Å². The van der Waals surface area contributed by atoms with Crippen molar-refractivity contribution >= 4 is 29.1 Å². The van der Waals surface area contributed by atoms with Gasteiger partial charge in [0.1, 0.15) is 5.75 Å². The maximum atomic E-state index is 12.1. The number of aryl methyl sites for hydroxylation is 1. The van der Waals surface area contributed by atoms with Crippen LogP contribution in [0.15, 0.2) is 48.5 Å². The van der Waals surface area contributed by atoms with Crippen LogP contribution in [0.3, 0.4) is 0 Å². The van der Waals surface area contributed by atoms with Gasteiger partial charge in [-0.2, -0.15) is 0 Å². The van der Waals surface area contributed by atoms with Gasteiger partial charge in [0.2, 0.25) is 0 Å². The van der Waals surface area contributed by atoms with Crippen molar-refractivity contribution in [3.8, 4) is 5.75 Å². The van der Waals surface area contributed by atoms with E-state index in [1.807, 2.05) is 19.1 Å². The summed E-state index contributed by atoms with van der Waals surface area (Å²) in [6.45, 7) is 1.83. The van der Waals surface area contributed by atoms with Crippen molar-refractivity contribution in [2.45, 2.75) is 6.92 Å². The molecule has 0 aliphatic carbocycles. The Hall–Kier alpha value is -2.93. The van der Waals surface area contributed by atoms with Crippen LogP contribution in [0.25, 0.3) is 0 Å². The fourth-order valence-corrected chi connectivity index (χ4v) is 2.10. The molecular formula is C17H17N3O3S. The minimum Gasteiger partial charge on any atom is -0.497 e. The van der Waals surface area contributed by atoms with Gasteiger partial charge in [-0.1, -0.05) is 18.2 Å². The summed E-state index contributed by atoms with van der Waals surface area (Å²) in [6, 6.07) is 13.7. The number of methoxy groups -OCH3 is 1. The zero-order valence-corrected chi connectivity index (χ0v) is 14.1. The Labute approximate surface area is 145 Å². The third-order valence-corrected chi connectivity index (χ3v) is 3.46. The highest BCUT2D eigenvalue weighted by Gasteiger charge is 2.11. The van der Waals surface area contributed by atoms with Gasteiger partial charge in [-0.15, -0.1) is 0 Å². The number of nitrogens with one attached hydrogen (secondary N) is 3. The van der Waals surface area contributed by atoms with Crippen LogP contribution in [0, 0.1) is 6.92 Å². The van der Waals surface area contributed by atoms with Crippen LogP contribution in [-0.2, 0) is 0 Å². The molecule has 0 fully saturated rings. The van der Waals surface area contributed by atoms with E-state index in [1.165, 1.54) is 0 Å². The lowest BCUT2D eigenvalue weighted by atomic mass is 10.1. The van der Waals surface area contributed by atoms with E-state index < -0.39 is 0 Å². The normalized spacial score (nSPS) is 9.75. The van der Waals surface area contributed by atoms with Crippen molar-refractivity contribution in [1.82, 2.24) is 16.2 Å². The number of hydrogen-bond acceptors (Lipinski definition) is 4. The molecule has 0 heterocycles. The van der Waals surface area contributed by atoms with E-state index in [4.69, 9.17) is 17.0 Å². The molecule has 2 amide bonds. The number of hydrazine groups is 1. The van der Waals surface area contributed by atoms with Crippen LogP contribution >= 0.6 is 12.2 Å². The molecule has 0 unspecified atom stereocenters. The van der Waals surface area contributed by atoms with Crippen molar-refractivity contribution in [3.05, 3.63) is 65.2 Å².